The van der Waals surface area contributed by atoms with Crippen LogP contribution in [0.1, 0.15) is 0 Å². The normalized spacial score (nSPS) is 11.5. The minimum atomic E-state index is 0.544. The molecule has 0 fully saturated rings. The maximum absolute atomic E-state index is 5.49. The van der Waals surface area contributed by atoms with Crippen LogP contribution in [-0.2, 0) is 0 Å². The standard InChI is InChI=1S/C63H41N5/c1-5-19-42(20-6-1)46-27-17-28-47(39-46)48-29-18-30-50(40-48)62-64-61(45-25-11-4-12-26-45)65-63(66-62)68-57-34-16-14-32-53(57)55-38-37-54-52-31-13-15-33-56(52)67(59(54)60(55)68)58-41-49(43-21-7-2-8-22-43)35-36-51(58)44-23-9-3-10-24-44/h1-41H. The average molecular weight is 868 g/mol. The second kappa shape index (κ2) is 16.4. The van der Waals surface area contributed by atoms with Gasteiger partial charge in [-0.2, -0.15) is 9.97 Å². The molecule has 5 heteroatoms. The first-order valence-corrected chi connectivity index (χ1v) is 23.0. The maximum Gasteiger partial charge on any atom is 0.238 e. The van der Waals surface area contributed by atoms with Gasteiger partial charge in [-0.3, -0.25) is 4.57 Å². The van der Waals surface area contributed by atoms with Crippen molar-refractivity contribution >= 4 is 43.6 Å². The second-order valence-corrected chi connectivity index (χ2v) is 17.2. The first-order valence-electron chi connectivity index (χ1n) is 23.0. The summed E-state index contributed by atoms with van der Waals surface area (Å²) in [6.07, 6.45) is 0. The van der Waals surface area contributed by atoms with Crippen molar-refractivity contribution in [1.82, 2.24) is 24.1 Å². The third-order valence-corrected chi connectivity index (χ3v) is 13.2. The molecule has 3 heterocycles. The largest absolute Gasteiger partial charge is 0.307 e. The molecule has 0 atom stereocenters. The number of hydrogen-bond donors (Lipinski definition) is 0. The lowest BCUT2D eigenvalue weighted by atomic mass is 9.98. The van der Waals surface area contributed by atoms with Crippen molar-refractivity contribution in [3.63, 3.8) is 0 Å². The fourth-order valence-electron chi connectivity index (χ4n) is 10.0. The molecule has 0 aliphatic heterocycles. The van der Waals surface area contributed by atoms with Gasteiger partial charge in [-0.1, -0.05) is 218 Å². The van der Waals surface area contributed by atoms with E-state index in [4.69, 9.17) is 15.0 Å². The molecule has 0 saturated heterocycles. The summed E-state index contributed by atoms with van der Waals surface area (Å²) < 4.78 is 4.75. The average Bonchev–Trinajstić information content (AvgIpc) is 3.95. The highest BCUT2D eigenvalue weighted by molar-refractivity contribution is 6.24. The Hall–Kier alpha value is -9.19. The lowest BCUT2D eigenvalue weighted by molar-refractivity contribution is 0.953. The smallest absolute Gasteiger partial charge is 0.238 e. The Morgan fingerprint density at radius 3 is 1.25 bits per heavy atom. The molecule has 0 bridgehead atoms. The predicted molar refractivity (Wildman–Crippen MR) is 281 cm³/mol. The van der Waals surface area contributed by atoms with Crippen LogP contribution in [0, 0.1) is 0 Å². The molecular formula is C63H41N5. The molecule has 0 spiro atoms. The molecule has 0 N–H and O–H groups in total. The van der Waals surface area contributed by atoms with E-state index in [0.29, 0.717) is 17.6 Å². The van der Waals surface area contributed by atoms with E-state index in [1.807, 2.05) is 18.2 Å². The molecule has 13 rings (SSSR count). The topological polar surface area (TPSA) is 48.5 Å². The van der Waals surface area contributed by atoms with E-state index in [2.05, 4.69) is 240 Å². The second-order valence-electron chi connectivity index (χ2n) is 17.2. The quantitative estimate of drug-likeness (QED) is 0.153. The van der Waals surface area contributed by atoms with Crippen molar-refractivity contribution in [2.45, 2.75) is 0 Å². The van der Waals surface area contributed by atoms with E-state index in [1.165, 1.54) is 16.5 Å². The van der Waals surface area contributed by atoms with E-state index in [1.54, 1.807) is 0 Å². The van der Waals surface area contributed by atoms with Gasteiger partial charge in [0.15, 0.2) is 11.6 Å². The highest BCUT2D eigenvalue weighted by Gasteiger charge is 2.25. The Labute approximate surface area is 393 Å². The van der Waals surface area contributed by atoms with Crippen LogP contribution in [0.3, 0.4) is 0 Å². The van der Waals surface area contributed by atoms with Gasteiger partial charge in [0, 0.05) is 38.2 Å². The minimum absolute atomic E-state index is 0.544. The molecule has 0 saturated carbocycles. The third kappa shape index (κ3) is 6.68. The monoisotopic (exact) mass is 867 g/mol. The third-order valence-electron chi connectivity index (χ3n) is 13.2. The highest BCUT2D eigenvalue weighted by atomic mass is 15.2. The van der Waals surface area contributed by atoms with Crippen LogP contribution in [0.5, 0.6) is 0 Å². The molecule has 3 aromatic heterocycles. The molecule has 0 amide bonds. The van der Waals surface area contributed by atoms with Gasteiger partial charge >= 0.3 is 0 Å². The molecule has 13 aromatic rings. The van der Waals surface area contributed by atoms with Gasteiger partial charge in [0.2, 0.25) is 5.95 Å². The van der Waals surface area contributed by atoms with Crippen molar-refractivity contribution < 1.29 is 0 Å². The zero-order valence-electron chi connectivity index (χ0n) is 36.9. The molecule has 318 valence electrons. The van der Waals surface area contributed by atoms with Gasteiger partial charge in [0.1, 0.15) is 0 Å². The zero-order valence-corrected chi connectivity index (χ0v) is 36.9. The Bertz CT molecular complexity index is 4010. The molecule has 10 aromatic carbocycles. The molecule has 5 nitrogen and oxygen atoms in total. The molecular weight excluding hydrogens is 827 g/mol. The molecule has 68 heavy (non-hydrogen) atoms. The van der Waals surface area contributed by atoms with Crippen LogP contribution < -0.4 is 0 Å². The summed E-state index contributed by atoms with van der Waals surface area (Å²) in [5.74, 6) is 1.74. The van der Waals surface area contributed by atoms with Crippen LogP contribution in [-0.4, -0.2) is 24.1 Å². The van der Waals surface area contributed by atoms with Crippen LogP contribution in [0.15, 0.2) is 249 Å². The van der Waals surface area contributed by atoms with Crippen molar-refractivity contribution in [3.05, 3.63) is 249 Å². The molecule has 0 radical (unpaired) electrons. The van der Waals surface area contributed by atoms with Crippen LogP contribution in [0.2, 0.25) is 0 Å². The molecule has 0 aliphatic carbocycles. The highest BCUT2D eigenvalue weighted by Crippen LogP contribution is 2.44. The number of benzene rings is 10. The van der Waals surface area contributed by atoms with E-state index in [-0.39, 0.29) is 0 Å². The Morgan fingerprint density at radius 1 is 0.250 bits per heavy atom. The Balaban J connectivity index is 1.10. The van der Waals surface area contributed by atoms with Crippen molar-refractivity contribution in [2.75, 3.05) is 0 Å². The Morgan fingerprint density at radius 2 is 0.662 bits per heavy atom. The molecule has 0 unspecified atom stereocenters. The van der Waals surface area contributed by atoms with Crippen molar-refractivity contribution in [1.29, 1.82) is 0 Å². The van der Waals surface area contributed by atoms with E-state index >= 15 is 0 Å². The van der Waals surface area contributed by atoms with Gasteiger partial charge in [0.25, 0.3) is 0 Å². The summed E-state index contributed by atoms with van der Waals surface area (Å²) in [7, 11) is 0. The lowest BCUT2D eigenvalue weighted by Gasteiger charge is -2.17. The van der Waals surface area contributed by atoms with Gasteiger partial charge in [-0.25, -0.2) is 4.98 Å². The fraction of sp³-hybridized carbons (Fsp3) is 0. The minimum Gasteiger partial charge on any atom is -0.307 e. The predicted octanol–water partition coefficient (Wildman–Crippen LogP) is 16.1. The van der Waals surface area contributed by atoms with Gasteiger partial charge in [0.05, 0.1) is 27.8 Å². The summed E-state index contributed by atoms with van der Waals surface area (Å²) in [4.78, 5) is 16.1. The van der Waals surface area contributed by atoms with E-state index in [0.717, 1.165) is 88.4 Å². The van der Waals surface area contributed by atoms with Gasteiger partial charge in [-0.05, 0) is 69.3 Å². The number of rotatable bonds is 8. The van der Waals surface area contributed by atoms with Crippen molar-refractivity contribution in [3.8, 4) is 78.9 Å². The Kier molecular flexibility index (Phi) is 9.43. The number of aromatic nitrogens is 5. The molecule has 0 aliphatic rings. The van der Waals surface area contributed by atoms with Crippen LogP contribution in [0.25, 0.3) is 123 Å². The summed E-state index contributed by atoms with van der Waals surface area (Å²) in [6, 6.07) is 88.2. The first-order chi connectivity index (χ1) is 33.7. The van der Waals surface area contributed by atoms with E-state index < -0.39 is 0 Å². The van der Waals surface area contributed by atoms with Gasteiger partial charge in [-0.15, -0.1) is 0 Å². The zero-order chi connectivity index (χ0) is 45.0. The number of fused-ring (bicyclic) bond motifs is 7. The first kappa shape index (κ1) is 39.2. The van der Waals surface area contributed by atoms with Crippen LogP contribution in [0.4, 0.5) is 0 Å². The summed E-state index contributed by atoms with van der Waals surface area (Å²) in [5, 5.41) is 4.54. The summed E-state index contributed by atoms with van der Waals surface area (Å²) >= 11 is 0. The van der Waals surface area contributed by atoms with Crippen LogP contribution >= 0.6 is 0 Å². The number of hydrogen-bond acceptors (Lipinski definition) is 3. The number of para-hydroxylation sites is 2. The maximum atomic E-state index is 5.49. The summed E-state index contributed by atoms with van der Waals surface area (Å²) in [5.41, 5.74) is 16.2. The van der Waals surface area contributed by atoms with E-state index in [9.17, 15) is 0 Å². The SMILES string of the molecule is c1ccc(-c2cccc(-c3cccc(-c4nc(-c5ccccc5)nc(-n5c6ccccc6c6ccc7c8ccccc8n(-c8cc(-c9ccccc9)ccc8-c8ccccc8)c7c65)n4)c3)c2)cc1. The fourth-order valence-corrected chi connectivity index (χ4v) is 10.0. The summed E-state index contributed by atoms with van der Waals surface area (Å²) in [6.45, 7) is 0. The van der Waals surface area contributed by atoms with Gasteiger partial charge < -0.3 is 4.57 Å². The lowest BCUT2D eigenvalue weighted by Crippen LogP contribution is -2.07. The van der Waals surface area contributed by atoms with Crippen molar-refractivity contribution in [2.24, 2.45) is 0 Å². The number of nitrogens with zero attached hydrogens (tertiary/aromatic N) is 5.